The molecule has 5 rings (SSSR count). The zero-order valence-corrected chi connectivity index (χ0v) is 18.3. The van der Waals surface area contributed by atoms with Crippen LogP contribution < -0.4 is 10.5 Å². The molecule has 3 aromatic heterocycles. The Morgan fingerprint density at radius 3 is 2.46 bits per heavy atom. The second kappa shape index (κ2) is 8.45. The molecule has 1 N–H and O–H groups in total. The molecule has 1 aromatic carbocycles. The second-order valence-corrected chi connectivity index (χ2v) is 8.54. The molecule has 8 nitrogen and oxygen atoms in total. The third-order valence-corrected chi connectivity index (χ3v) is 6.13. The summed E-state index contributed by atoms with van der Waals surface area (Å²) in [5.41, 5.74) is -1.76. The van der Waals surface area contributed by atoms with Crippen molar-refractivity contribution in [2.45, 2.75) is 31.2 Å². The molecule has 1 fully saturated rings. The number of aliphatic hydroxyl groups is 1. The van der Waals surface area contributed by atoms with Crippen LogP contribution >= 0.6 is 0 Å². The van der Waals surface area contributed by atoms with Gasteiger partial charge in [0.1, 0.15) is 29.0 Å². The zero-order chi connectivity index (χ0) is 24.8. The summed E-state index contributed by atoms with van der Waals surface area (Å²) in [4.78, 5) is 22.7. The van der Waals surface area contributed by atoms with Crippen LogP contribution in [0.2, 0.25) is 0 Å². The maximum Gasteiger partial charge on any atom is 0.433 e. The number of hydrogen-bond acceptors (Lipinski definition) is 6. The number of anilines is 1. The van der Waals surface area contributed by atoms with Crippen LogP contribution in [0.5, 0.6) is 0 Å². The average molecular weight is 488 g/mol. The van der Waals surface area contributed by atoms with Crippen LogP contribution in [-0.2, 0) is 12.7 Å². The lowest BCUT2D eigenvalue weighted by Crippen LogP contribution is -2.48. The van der Waals surface area contributed by atoms with Crippen molar-refractivity contribution in [1.29, 1.82) is 0 Å². The van der Waals surface area contributed by atoms with Gasteiger partial charge in [0, 0.05) is 13.1 Å². The van der Waals surface area contributed by atoms with Crippen molar-refractivity contribution >= 4 is 16.9 Å². The standard InChI is InChI=1S/C23H20F4N6O2/c24-15-4-6-16(7-5-15)33-20-17(12-29-33)21(34)32(14-28-20)13-22(35)8-10-31(11-9-22)19-3-1-2-18(30-19)23(25,26)27/h1-7,12,14,35H,8-11,13H2. The maximum absolute atomic E-state index is 13.2. The number of alkyl halides is 3. The van der Waals surface area contributed by atoms with Crippen LogP contribution in [0.25, 0.3) is 16.7 Å². The largest absolute Gasteiger partial charge is 0.433 e. The van der Waals surface area contributed by atoms with Gasteiger partial charge in [-0.05, 0) is 49.2 Å². The van der Waals surface area contributed by atoms with Crippen LogP contribution in [-0.4, -0.2) is 48.1 Å². The maximum atomic E-state index is 13.2. The quantitative estimate of drug-likeness (QED) is 0.444. The van der Waals surface area contributed by atoms with Gasteiger partial charge >= 0.3 is 6.18 Å². The number of halogens is 4. The topological polar surface area (TPSA) is 89.1 Å². The lowest BCUT2D eigenvalue weighted by Gasteiger charge is -2.39. The minimum absolute atomic E-state index is 0.0274. The molecule has 4 aromatic rings. The Morgan fingerprint density at radius 2 is 1.77 bits per heavy atom. The van der Waals surface area contributed by atoms with Crippen molar-refractivity contribution in [2.24, 2.45) is 0 Å². The first kappa shape index (κ1) is 23.0. The van der Waals surface area contributed by atoms with Crippen molar-refractivity contribution in [3.8, 4) is 5.69 Å². The summed E-state index contributed by atoms with van der Waals surface area (Å²) < 4.78 is 54.9. The molecule has 0 aliphatic carbocycles. The second-order valence-electron chi connectivity index (χ2n) is 8.54. The van der Waals surface area contributed by atoms with Crippen LogP contribution in [0.3, 0.4) is 0 Å². The van der Waals surface area contributed by atoms with Crippen molar-refractivity contribution in [3.63, 3.8) is 0 Å². The molecular weight excluding hydrogens is 468 g/mol. The lowest BCUT2D eigenvalue weighted by molar-refractivity contribution is -0.141. The van der Waals surface area contributed by atoms with E-state index in [2.05, 4.69) is 15.1 Å². The summed E-state index contributed by atoms with van der Waals surface area (Å²) in [6, 6.07) is 9.31. The molecule has 0 spiro atoms. The smallest absolute Gasteiger partial charge is 0.388 e. The van der Waals surface area contributed by atoms with Gasteiger partial charge in [-0.3, -0.25) is 9.36 Å². The van der Waals surface area contributed by atoms with E-state index in [1.165, 1.54) is 58.2 Å². The summed E-state index contributed by atoms with van der Waals surface area (Å²) in [6.45, 7) is 0.524. The average Bonchev–Trinajstić information content (AvgIpc) is 3.26. The van der Waals surface area contributed by atoms with E-state index in [1.807, 2.05) is 0 Å². The van der Waals surface area contributed by atoms with Crippen LogP contribution in [0.4, 0.5) is 23.4 Å². The molecule has 1 saturated heterocycles. The zero-order valence-electron chi connectivity index (χ0n) is 18.3. The van der Waals surface area contributed by atoms with Gasteiger partial charge in [-0.1, -0.05) is 6.07 Å². The fourth-order valence-electron chi connectivity index (χ4n) is 4.22. The van der Waals surface area contributed by atoms with E-state index in [0.717, 1.165) is 6.07 Å². The van der Waals surface area contributed by atoms with Crippen molar-refractivity contribution < 1.29 is 22.7 Å². The minimum atomic E-state index is -4.54. The van der Waals surface area contributed by atoms with Crippen LogP contribution in [0.15, 0.2) is 59.8 Å². The van der Waals surface area contributed by atoms with Crippen LogP contribution in [0.1, 0.15) is 18.5 Å². The van der Waals surface area contributed by atoms with E-state index in [1.54, 1.807) is 4.90 Å². The molecule has 182 valence electrons. The number of benzene rings is 1. The van der Waals surface area contributed by atoms with E-state index in [0.29, 0.717) is 11.3 Å². The number of rotatable bonds is 4. The highest BCUT2D eigenvalue weighted by Crippen LogP contribution is 2.31. The van der Waals surface area contributed by atoms with Crippen molar-refractivity contribution in [2.75, 3.05) is 18.0 Å². The summed E-state index contributed by atoms with van der Waals surface area (Å²) >= 11 is 0. The highest BCUT2D eigenvalue weighted by Gasteiger charge is 2.36. The Balaban J connectivity index is 1.33. The molecule has 0 amide bonds. The first-order valence-electron chi connectivity index (χ1n) is 10.8. The van der Waals surface area contributed by atoms with Gasteiger partial charge in [-0.15, -0.1) is 0 Å². The highest BCUT2D eigenvalue weighted by atomic mass is 19.4. The lowest BCUT2D eigenvalue weighted by atomic mass is 9.91. The number of piperidine rings is 1. The molecule has 1 aliphatic rings. The summed E-state index contributed by atoms with van der Waals surface area (Å²) in [7, 11) is 0. The van der Waals surface area contributed by atoms with Gasteiger partial charge < -0.3 is 10.0 Å². The molecule has 1 aliphatic heterocycles. The van der Waals surface area contributed by atoms with Gasteiger partial charge in [-0.2, -0.15) is 18.3 Å². The molecule has 0 unspecified atom stereocenters. The highest BCUT2D eigenvalue weighted by molar-refractivity contribution is 5.74. The third-order valence-electron chi connectivity index (χ3n) is 6.13. The number of aromatic nitrogens is 5. The predicted molar refractivity (Wildman–Crippen MR) is 119 cm³/mol. The number of nitrogens with zero attached hydrogens (tertiary/aromatic N) is 6. The molecular formula is C23H20F4N6O2. The Bertz CT molecular complexity index is 1420. The number of hydrogen-bond donors (Lipinski definition) is 1. The van der Waals surface area contributed by atoms with E-state index >= 15 is 0 Å². The first-order chi connectivity index (χ1) is 16.6. The van der Waals surface area contributed by atoms with Gasteiger partial charge in [0.15, 0.2) is 5.65 Å². The summed E-state index contributed by atoms with van der Waals surface area (Å²) in [6.07, 6.45) is -1.39. The van der Waals surface area contributed by atoms with E-state index in [-0.39, 0.29) is 43.7 Å². The molecule has 0 saturated carbocycles. The Morgan fingerprint density at radius 1 is 1.06 bits per heavy atom. The number of pyridine rings is 1. The fourth-order valence-corrected chi connectivity index (χ4v) is 4.22. The monoisotopic (exact) mass is 488 g/mol. The molecule has 0 radical (unpaired) electrons. The van der Waals surface area contributed by atoms with Gasteiger partial charge in [-0.25, -0.2) is 19.0 Å². The Hall–Kier alpha value is -3.80. The minimum Gasteiger partial charge on any atom is -0.388 e. The third kappa shape index (κ3) is 4.48. The van der Waals surface area contributed by atoms with E-state index in [4.69, 9.17) is 0 Å². The van der Waals surface area contributed by atoms with Crippen molar-refractivity contribution in [1.82, 2.24) is 24.3 Å². The fraction of sp³-hybridized carbons (Fsp3) is 0.304. The Labute approximate surface area is 196 Å². The summed E-state index contributed by atoms with van der Waals surface area (Å²) in [5.74, 6) is -0.209. The predicted octanol–water partition coefficient (Wildman–Crippen LogP) is 3.17. The summed E-state index contributed by atoms with van der Waals surface area (Å²) in [5, 5.41) is 15.5. The Kier molecular flexibility index (Phi) is 5.55. The molecule has 4 heterocycles. The van der Waals surface area contributed by atoms with E-state index < -0.39 is 28.8 Å². The molecule has 0 atom stereocenters. The molecule has 12 heteroatoms. The van der Waals surface area contributed by atoms with Crippen molar-refractivity contribution in [3.05, 3.63) is 76.9 Å². The van der Waals surface area contributed by atoms with E-state index in [9.17, 15) is 27.5 Å². The molecule has 35 heavy (non-hydrogen) atoms. The van der Waals surface area contributed by atoms with Crippen LogP contribution in [0, 0.1) is 5.82 Å². The normalized spacial score (nSPS) is 16.1. The van der Waals surface area contributed by atoms with Gasteiger partial charge in [0.2, 0.25) is 0 Å². The van der Waals surface area contributed by atoms with Gasteiger partial charge in [0.05, 0.1) is 24.0 Å². The molecule has 0 bridgehead atoms. The first-order valence-corrected chi connectivity index (χ1v) is 10.8. The van der Waals surface area contributed by atoms with Gasteiger partial charge in [0.25, 0.3) is 5.56 Å². The SMILES string of the molecule is O=c1c2cnn(-c3ccc(F)cc3)c2ncn1CC1(O)CCN(c2cccc(C(F)(F)F)n2)CC1. The number of fused-ring (bicyclic) bond motifs is 1.